The molecule has 0 fully saturated rings. The smallest absolute Gasteiger partial charge is 0.423 e. The van der Waals surface area contributed by atoms with Gasteiger partial charge in [0.2, 0.25) is 0 Å². The van der Waals surface area contributed by atoms with E-state index in [2.05, 4.69) is 17.1 Å². The van der Waals surface area contributed by atoms with Crippen molar-refractivity contribution in [2.24, 2.45) is 0 Å². The van der Waals surface area contributed by atoms with Gasteiger partial charge in [0.15, 0.2) is 0 Å². The first-order valence-corrected chi connectivity index (χ1v) is 9.27. The van der Waals surface area contributed by atoms with Gasteiger partial charge in [0.1, 0.15) is 0 Å². The monoisotopic (exact) mass is 361 g/mol. The fraction of sp³-hybridized carbons (Fsp3) is 0.0952. The topological polar surface area (TPSA) is 53.4 Å². The average molecular weight is 361 g/mol. The summed E-state index contributed by atoms with van der Waals surface area (Å²) < 4.78 is 2.05. The molecule has 2 aromatic heterocycles. The van der Waals surface area contributed by atoms with Crippen LogP contribution in [0.15, 0.2) is 72.9 Å². The van der Waals surface area contributed by atoms with Gasteiger partial charge in [0.25, 0.3) is 0 Å². The van der Waals surface area contributed by atoms with Gasteiger partial charge in [-0.15, -0.1) is 11.3 Å². The van der Waals surface area contributed by atoms with E-state index in [1.54, 1.807) is 17.5 Å². The number of rotatable bonds is 2. The number of fused-ring (bicyclic) bond motifs is 3. The Balaban J connectivity index is 0.000000447. The number of nitrogens with zero attached hydrogens (tertiary/aromatic N) is 1. The highest BCUT2D eigenvalue weighted by molar-refractivity contribution is 7.27. The summed E-state index contributed by atoms with van der Waals surface area (Å²) in [5, 5.41) is 21.7. The Bertz CT molecular complexity index is 1040. The normalized spacial score (nSPS) is 10.9. The number of thiophene rings is 1. The molecule has 0 radical (unpaired) electrons. The van der Waals surface area contributed by atoms with Gasteiger partial charge in [-0.2, -0.15) is 0 Å². The maximum Gasteiger partial charge on any atom is 0.489 e. The third-order valence-corrected chi connectivity index (χ3v) is 5.31. The van der Waals surface area contributed by atoms with Crippen LogP contribution in [0.4, 0.5) is 0 Å². The van der Waals surface area contributed by atoms with Crippen LogP contribution in [-0.4, -0.2) is 22.2 Å². The van der Waals surface area contributed by atoms with Gasteiger partial charge >= 0.3 is 7.12 Å². The summed E-state index contributed by atoms with van der Waals surface area (Å²) in [5.74, 6) is 0. The Hall–Kier alpha value is -2.47. The van der Waals surface area contributed by atoms with Crippen molar-refractivity contribution in [2.75, 3.05) is 0 Å². The van der Waals surface area contributed by atoms with E-state index in [1.165, 1.54) is 0 Å². The molecule has 2 N–H and O–H groups in total. The SMILES string of the molecule is C/C=C/C.OB(O)c1cc(-c2ccccn2)cc2c1sc1ccccc12. The van der Waals surface area contributed by atoms with Gasteiger partial charge in [-0.05, 0) is 38.1 Å². The summed E-state index contributed by atoms with van der Waals surface area (Å²) in [6, 6.07) is 17.7. The van der Waals surface area contributed by atoms with Crippen LogP contribution in [0, 0.1) is 0 Å². The minimum atomic E-state index is -1.50. The molecule has 2 heterocycles. The first-order chi connectivity index (χ1) is 12.7. The van der Waals surface area contributed by atoms with Gasteiger partial charge in [-0.1, -0.05) is 42.5 Å². The summed E-state index contributed by atoms with van der Waals surface area (Å²) >= 11 is 1.58. The van der Waals surface area contributed by atoms with Crippen molar-refractivity contribution in [3.63, 3.8) is 0 Å². The fourth-order valence-corrected chi connectivity index (χ4v) is 3.94. The predicted molar refractivity (Wildman–Crippen MR) is 113 cm³/mol. The standard InChI is InChI=1S/C17H12BNO2S.C4H8/c20-18(21)14-10-11(15-6-3-4-8-19-15)9-13-12-5-1-2-7-16(12)22-17(13)14;1-3-4-2/h1-10,20-21H;3-4H,1-2H3/b;4-3+. The van der Waals surface area contributed by atoms with E-state index in [1.807, 2.05) is 68.5 Å². The molecule has 0 amide bonds. The first-order valence-electron chi connectivity index (χ1n) is 8.45. The third-order valence-electron chi connectivity index (χ3n) is 4.08. The molecule has 4 rings (SSSR count). The van der Waals surface area contributed by atoms with Crippen molar-refractivity contribution < 1.29 is 10.0 Å². The van der Waals surface area contributed by atoms with E-state index in [4.69, 9.17) is 0 Å². The molecule has 0 bridgehead atoms. The molecule has 0 atom stereocenters. The molecule has 2 aromatic carbocycles. The highest BCUT2D eigenvalue weighted by atomic mass is 32.1. The molecule has 0 unspecified atom stereocenters. The van der Waals surface area contributed by atoms with Gasteiger partial charge in [-0.25, -0.2) is 0 Å². The molecule has 3 nitrogen and oxygen atoms in total. The van der Waals surface area contributed by atoms with Gasteiger partial charge in [0, 0.05) is 37.4 Å². The molecule has 0 aliphatic heterocycles. The molecule has 0 aliphatic carbocycles. The van der Waals surface area contributed by atoms with Crippen molar-refractivity contribution in [2.45, 2.75) is 13.8 Å². The summed E-state index contributed by atoms with van der Waals surface area (Å²) in [6.07, 6.45) is 5.74. The van der Waals surface area contributed by atoms with Crippen LogP contribution >= 0.6 is 11.3 Å². The van der Waals surface area contributed by atoms with Crippen LogP contribution in [0.25, 0.3) is 31.4 Å². The number of aromatic nitrogens is 1. The number of benzene rings is 2. The molecule has 0 saturated heterocycles. The zero-order chi connectivity index (χ0) is 18.5. The lowest BCUT2D eigenvalue weighted by Gasteiger charge is -2.07. The highest BCUT2D eigenvalue weighted by Crippen LogP contribution is 2.35. The average Bonchev–Trinajstić information content (AvgIpc) is 3.06. The second-order valence-corrected chi connectivity index (χ2v) is 6.85. The largest absolute Gasteiger partial charge is 0.489 e. The molecule has 5 heteroatoms. The fourth-order valence-electron chi connectivity index (χ4n) is 2.73. The maximum absolute atomic E-state index is 9.76. The van der Waals surface area contributed by atoms with Crippen LogP contribution < -0.4 is 5.46 Å². The van der Waals surface area contributed by atoms with Crippen LogP contribution in [-0.2, 0) is 0 Å². The molecule has 0 spiro atoms. The molecular formula is C21H20BNO2S. The van der Waals surface area contributed by atoms with Crippen molar-refractivity contribution in [3.05, 3.63) is 72.9 Å². The van der Waals surface area contributed by atoms with Crippen LogP contribution in [0.2, 0.25) is 0 Å². The lowest BCUT2D eigenvalue weighted by Crippen LogP contribution is -2.30. The second kappa shape index (κ2) is 8.28. The first kappa shape index (κ1) is 18.3. The van der Waals surface area contributed by atoms with Crippen molar-refractivity contribution >= 4 is 44.1 Å². The Morgan fingerprint density at radius 1 is 0.923 bits per heavy atom. The quantitative estimate of drug-likeness (QED) is 0.412. The van der Waals surface area contributed by atoms with Crippen LogP contribution in [0.1, 0.15) is 13.8 Å². The van der Waals surface area contributed by atoms with Crippen molar-refractivity contribution in [1.29, 1.82) is 0 Å². The van der Waals surface area contributed by atoms with E-state index in [0.717, 1.165) is 31.4 Å². The van der Waals surface area contributed by atoms with E-state index in [9.17, 15) is 10.0 Å². The Labute approximate surface area is 157 Å². The molecule has 26 heavy (non-hydrogen) atoms. The summed E-state index contributed by atoms with van der Waals surface area (Å²) in [7, 11) is -1.50. The van der Waals surface area contributed by atoms with Crippen LogP contribution in [0.5, 0.6) is 0 Å². The number of allylic oxidation sites excluding steroid dienone is 2. The highest BCUT2D eigenvalue weighted by Gasteiger charge is 2.19. The van der Waals surface area contributed by atoms with E-state index >= 15 is 0 Å². The van der Waals surface area contributed by atoms with E-state index in [-0.39, 0.29) is 0 Å². The van der Waals surface area contributed by atoms with Crippen LogP contribution in [0.3, 0.4) is 0 Å². The number of hydrogen-bond donors (Lipinski definition) is 2. The minimum absolute atomic E-state index is 0.527. The van der Waals surface area contributed by atoms with Crippen molar-refractivity contribution in [3.8, 4) is 11.3 Å². The zero-order valence-electron chi connectivity index (χ0n) is 14.8. The lowest BCUT2D eigenvalue weighted by molar-refractivity contribution is 0.426. The van der Waals surface area contributed by atoms with Gasteiger partial charge < -0.3 is 10.0 Å². The molecular weight excluding hydrogens is 341 g/mol. The van der Waals surface area contributed by atoms with Crippen molar-refractivity contribution in [1.82, 2.24) is 4.98 Å². The van der Waals surface area contributed by atoms with E-state index in [0.29, 0.717) is 5.46 Å². The maximum atomic E-state index is 9.76. The Kier molecular flexibility index (Phi) is 5.83. The lowest BCUT2D eigenvalue weighted by atomic mass is 9.78. The van der Waals surface area contributed by atoms with Gasteiger partial charge in [0.05, 0.1) is 5.69 Å². The number of pyridine rings is 1. The summed E-state index contributed by atoms with van der Waals surface area (Å²) in [4.78, 5) is 4.36. The predicted octanol–water partition coefficient (Wildman–Crippen LogP) is 4.38. The Morgan fingerprint density at radius 3 is 2.31 bits per heavy atom. The summed E-state index contributed by atoms with van der Waals surface area (Å²) in [5.41, 5.74) is 2.24. The molecule has 0 saturated carbocycles. The Morgan fingerprint density at radius 2 is 1.65 bits per heavy atom. The zero-order valence-corrected chi connectivity index (χ0v) is 15.6. The minimum Gasteiger partial charge on any atom is -0.423 e. The number of hydrogen-bond acceptors (Lipinski definition) is 4. The van der Waals surface area contributed by atoms with E-state index < -0.39 is 7.12 Å². The molecule has 0 aliphatic rings. The summed E-state index contributed by atoms with van der Waals surface area (Å²) in [6.45, 7) is 4.00. The third kappa shape index (κ3) is 3.70. The molecule has 4 aromatic rings. The van der Waals surface area contributed by atoms with Gasteiger partial charge in [-0.3, -0.25) is 4.98 Å². The molecule has 130 valence electrons. The second-order valence-electron chi connectivity index (χ2n) is 5.80.